The fourth-order valence-electron chi connectivity index (χ4n) is 6.66. The normalized spacial score (nSPS) is 33.3. The van der Waals surface area contributed by atoms with E-state index in [1.807, 2.05) is 4.90 Å². The van der Waals surface area contributed by atoms with Crippen molar-refractivity contribution in [3.63, 3.8) is 0 Å². The summed E-state index contributed by atoms with van der Waals surface area (Å²) in [5.74, 6) is 1.95. The standard InChI is InChI=1S/C22H29N3O3/c1-24-13-17(19(26)25-4-2-3-5-25)9-18(20(24)27)23-21(28)22-10-14-6-15(11-22)8-16(7-14)12-22/h9,13-16H,2-8,10-12H2,1H3,(H,23,28). The minimum atomic E-state index is -0.311. The number of aryl methyl sites for hydroxylation is 1. The second kappa shape index (κ2) is 6.46. The van der Waals surface area contributed by atoms with Crippen LogP contribution in [0.25, 0.3) is 0 Å². The van der Waals surface area contributed by atoms with E-state index in [2.05, 4.69) is 5.32 Å². The number of anilines is 1. The zero-order chi connectivity index (χ0) is 19.5. The molecule has 1 aromatic rings. The number of pyridine rings is 1. The van der Waals surface area contributed by atoms with Crippen molar-refractivity contribution in [3.05, 3.63) is 28.2 Å². The van der Waals surface area contributed by atoms with Crippen LogP contribution in [0.2, 0.25) is 0 Å². The molecule has 6 heteroatoms. The van der Waals surface area contributed by atoms with Crippen LogP contribution in [0, 0.1) is 23.2 Å². The first kappa shape index (κ1) is 18.0. The molecule has 1 aromatic heterocycles. The molecule has 1 saturated heterocycles. The Morgan fingerprint density at radius 3 is 2.18 bits per heavy atom. The summed E-state index contributed by atoms with van der Waals surface area (Å²) in [6.45, 7) is 1.52. The van der Waals surface area contributed by atoms with E-state index in [-0.39, 0.29) is 28.5 Å². The molecule has 1 N–H and O–H groups in total. The zero-order valence-corrected chi connectivity index (χ0v) is 16.6. The van der Waals surface area contributed by atoms with Crippen LogP contribution in [0.15, 0.2) is 17.1 Å². The number of amides is 2. The molecule has 0 atom stereocenters. The van der Waals surface area contributed by atoms with Crippen molar-refractivity contribution >= 4 is 17.5 Å². The van der Waals surface area contributed by atoms with Crippen LogP contribution in [-0.4, -0.2) is 34.4 Å². The second-order valence-corrected chi connectivity index (χ2v) is 9.71. The number of nitrogens with one attached hydrogen (secondary N) is 1. The highest BCUT2D eigenvalue weighted by atomic mass is 16.2. The third-order valence-electron chi connectivity index (χ3n) is 7.59. The van der Waals surface area contributed by atoms with Gasteiger partial charge in [-0.1, -0.05) is 0 Å². The summed E-state index contributed by atoms with van der Waals surface area (Å²) < 4.78 is 1.42. The van der Waals surface area contributed by atoms with E-state index in [4.69, 9.17) is 0 Å². The molecule has 2 amide bonds. The number of likely N-dealkylation sites (tertiary alicyclic amines) is 1. The molecule has 2 heterocycles. The lowest BCUT2D eigenvalue weighted by atomic mass is 9.49. The van der Waals surface area contributed by atoms with Gasteiger partial charge in [0.2, 0.25) is 5.91 Å². The summed E-state index contributed by atoms with van der Waals surface area (Å²) in [5.41, 5.74) is 0.156. The Morgan fingerprint density at radius 1 is 1.04 bits per heavy atom. The minimum Gasteiger partial charge on any atom is -0.339 e. The van der Waals surface area contributed by atoms with E-state index >= 15 is 0 Å². The molecule has 0 spiro atoms. The smallest absolute Gasteiger partial charge is 0.274 e. The number of nitrogens with zero attached hydrogens (tertiary/aromatic N) is 2. The Balaban J connectivity index is 1.41. The Kier molecular flexibility index (Phi) is 4.14. The third-order valence-corrected chi connectivity index (χ3v) is 7.59. The van der Waals surface area contributed by atoms with Crippen LogP contribution in [-0.2, 0) is 11.8 Å². The largest absolute Gasteiger partial charge is 0.339 e. The van der Waals surface area contributed by atoms with Gasteiger partial charge in [0.25, 0.3) is 11.5 Å². The van der Waals surface area contributed by atoms with Crippen LogP contribution in [0.4, 0.5) is 5.69 Å². The summed E-state index contributed by atoms with van der Waals surface area (Å²) in [4.78, 5) is 40.6. The molecule has 5 fully saturated rings. The van der Waals surface area contributed by atoms with Crippen molar-refractivity contribution in [1.82, 2.24) is 9.47 Å². The molecule has 4 aliphatic carbocycles. The number of carbonyl (C=O) groups is 2. The number of hydrogen-bond donors (Lipinski definition) is 1. The van der Waals surface area contributed by atoms with Crippen LogP contribution in [0.3, 0.4) is 0 Å². The summed E-state index contributed by atoms with van der Waals surface area (Å²) in [5, 5.41) is 2.95. The van der Waals surface area contributed by atoms with Gasteiger partial charge in [-0.15, -0.1) is 0 Å². The Hall–Kier alpha value is -2.11. The molecule has 0 unspecified atom stereocenters. The van der Waals surface area contributed by atoms with Gasteiger partial charge in [-0.05, 0) is 75.2 Å². The van der Waals surface area contributed by atoms with Gasteiger partial charge in [-0.2, -0.15) is 0 Å². The van der Waals surface area contributed by atoms with E-state index in [1.54, 1.807) is 19.3 Å². The molecule has 0 aromatic carbocycles. The molecular formula is C22H29N3O3. The lowest BCUT2D eigenvalue weighted by Gasteiger charge is -2.55. The van der Waals surface area contributed by atoms with Crippen LogP contribution >= 0.6 is 0 Å². The monoisotopic (exact) mass is 383 g/mol. The maximum absolute atomic E-state index is 13.3. The van der Waals surface area contributed by atoms with Gasteiger partial charge in [0.15, 0.2) is 0 Å². The van der Waals surface area contributed by atoms with E-state index < -0.39 is 0 Å². The lowest BCUT2D eigenvalue weighted by Crippen LogP contribution is -2.52. The van der Waals surface area contributed by atoms with Crippen molar-refractivity contribution < 1.29 is 9.59 Å². The average Bonchev–Trinajstić information content (AvgIpc) is 3.18. The highest BCUT2D eigenvalue weighted by Gasteiger charge is 2.54. The van der Waals surface area contributed by atoms with Crippen LogP contribution in [0.1, 0.15) is 61.7 Å². The average molecular weight is 383 g/mol. The highest BCUT2D eigenvalue weighted by Crippen LogP contribution is 2.60. The lowest BCUT2D eigenvalue weighted by molar-refractivity contribution is -0.140. The van der Waals surface area contributed by atoms with Gasteiger partial charge in [0.1, 0.15) is 5.69 Å². The van der Waals surface area contributed by atoms with Gasteiger partial charge in [0, 0.05) is 26.3 Å². The predicted molar refractivity (Wildman–Crippen MR) is 106 cm³/mol. The van der Waals surface area contributed by atoms with Crippen molar-refractivity contribution in [2.24, 2.45) is 30.2 Å². The molecule has 4 saturated carbocycles. The maximum atomic E-state index is 13.3. The predicted octanol–water partition coefficient (Wildman–Crippen LogP) is 2.78. The van der Waals surface area contributed by atoms with Crippen molar-refractivity contribution in [3.8, 4) is 0 Å². The number of carbonyl (C=O) groups excluding carboxylic acids is 2. The third kappa shape index (κ3) is 2.88. The molecule has 5 aliphatic rings. The second-order valence-electron chi connectivity index (χ2n) is 9.71. The van der Waals surface area contributed by atoms with Gasteiger partial charge in [-0.25, -0.2) is 0 Å². The van der Waals surface area contributed by atoms with Crippen molar-refractivity contribution in [2.75, 3.05) is 18.4 Å². The Bertz CT molecular complexity index is 846. The van der Waals surface area contributed by atoms with Gasteiger partial charge in [-0.3, -0.25) is 14.4 Å². The minimum absolute atomic E-state index is 0.00512. The summed E-state index contributed by atoms with van der Waals surface area (Å²) in [6, 6.07) is 1.58. The quantitative estimate of drug-likeness (QED) is 0.872. The summed E-state index contributed by atoms with van der Waals surface area (Å²) >= 11 is 0. The molecule has 4 bridgehead atoms. The van der Waals surface area contributed by atoms with E-state index in [9.17, 15) is 14.4 Å². The van der Waals surface area contributed by atoms with Crippen molar-refractivity contribution in [2.45, 2.75) is 51.4 Å². The molecule has 28 heavy (non-hydrogen) atoms. The summed E-state index contributed by atoms with van der Waals surface area (Å²) in [6.07, 6.45) is 10.3. The molecule has 6 nitrogen and oxygen atoms in total. The molecule has 0 radical (unpaired) electrons. The zero-order valence-electron chi connectivity index (χ0n) is 16.6. The van der Waals surface area contributed by atoms with Gasteiger partial charge < -0.3 is 14.8 Å². The summed E-state index contributed by atoms with van der Waals surface area (Å²) in [7, 11) is 1.64. The number of hydrogen-bond acceptors (Lipinski definition) is 3. The first-order chi connectivity index (χ1) is 13.4. The molecule has 1 aliphatic heterocycles. The molecule has 150 valence electrons. The Morgan fingerprint density at radius 2 is 1.61 bits per heavy atom. The van der Waals surface area contributed by atoms with E-state index in [0.29, 0.717) is 23.3 Å². The fraction of sp³-hybridized carbons (Fsp3) is 0.682. The highest BCUT2D eigenvalue weighted by molar-refractivity contribution is 5.98. The molecule has 6 rings (SSSR count). The SMILES string of the molecule is Cn1cc(C(=O)N2CCCC2)cc(NC(=O)C23CC4CC(CC(C4)C2)C3)c1=O. The van der Waals surface area contributed by atoms with E-state index in [0.717, 1.165) is 45.2 Å². The number of aromatic nitrogens is 1. The maximum Gasteiger partial charge on any atom is 0.274 e. The van der Waals surface area contributed by atoms with Crippen LogP contribution in [0.5, 0.6) is 0 Å². The van der Waals surface area contributed by atoms with Crippen LogP contribution < -0.4 is 10.9 Å². The van der Waals surface area contributed by atoms with Crippen molar-refractivity contribution in [1.29, 1.82) is 0 Å². The topological polar surface area (TPSA) is 71.4 Å². The number of rotatable bonds is 3. The molecular weight excluding hydrogens is 354 g/mol. The van der Waals surface area contributed by atoms with Gasteiger partial charge in [0.05, 0.1) is 11.0 Å². The van der Waals surface area contributed by atoms with E-state index in [1.165, 1.54) is 23.8 Å². The first-order valence-corrected chi connectivity index (χ1v) is 10.7. The van der Waals surface area contributed by atoms with Gasteiger partial charge >= 0.3 is 0 Å². The Labute approximate surface area is 165 Å². The first-order valence-electron chi connectivity index (χ1n) is 10.7. The fourth-order valence-corrected chi connectivity index (χ4v) is 6.66.